The van der Waals surface area contributed by atoms with E-state index in [1.165, 1.54) is 7.11 Å². The maximum Gasteiger partial charge on any atom is 0.240 e. The van der Waals surface area contributed by atoms with Crippen LogP contribution in [-0.2, 0) is 21.2 Å². The molecule has 0 bridgehead atoms. The van der Waals surface area contributed by atoms with Crippen molar-refractivity contribution in [1.82, 2.24) is 5.32 Å². The summed E-state index contributed by atoms with van der Waals surface area (Å²) in [6.45, 7) is 4.12. The molecule has 0 spiro atoms. The first-order chi connectivity index (χ1) is 14.2. The monoisotopic (exact) mass is 434 g/mol. The van der Waals surface area contributed by atoms with Gasteiger partial charge in [-0.25, -0.2) is 8.42 Å². The first kappa shape index (κ1) is 23.5. The summed E-state index contributed by atoms with van der Waals surface area (Å²) in [5.41, 5.74) is 1.51. The molecule has 30 heavy (non-hydrogen) atoms. The topological polar surface area (TPSA) is 84.9 Å². The molecule has 0 radical (unpaired) electrons. The maximum absolute atomic E-state index is 12.3. The van der Waals surface area contributed by atoms with E-state index in [1.807, 2.05) is 38.1 Å². The highest BCUT2D eigenvalue weighted by Gasteiger charge is 2.21. The highest BCUT2D eigenvalue weighted by Crippen LogP contribution is 2.22. The second kappa shape index (κ2) is 10.9. The molecule has 7 nitrogen and oxygen atoms in total. The Balaban J connectivity index is 1.89. The number of nitrogens with zero attached hydrogens (tertiary/aromatic N) is 1. The average molecular weight is 435 g/mol. The number of methoxy groups -OCH3 is 1. The Morgan fingerprint density at radius 3 is 2.47 bits per heavy atom. The zero-order valence-corrected chi connectivity index (χ0v) is 18.7. The van der Waals surface area contributed by atoms with Crippen molar-refractivity contribution in [3.05, 3.63) is 54.1 Å². The van der Waals surface area contributed by atoms with Crippen molar-refractivity contribution in [3.63, 3.8) is 0 Å². The molecular weight excluding hydrogens is 404 g/mol. The summed E-state index contributed by atoms with van der Waals surface area (Å²) in [6.07, 6.45) is 2.70. The van der Waals surface area contributed by atoms with Crippen molar-refractivity contribution >= 4 is 21.6 Å². The zero-order chi connectivity index (χ0) is 22.1. The molecule has 2 rings (SSSR count). The molecule has 0 aliphatic rings. The predicted molar refractivity (Wildman–Crippen MR) is 119 cm³/mol. The predicted octanol–water partition coefficient (Wildman–Crippen LogP) is 3.00. The van der Waals surface area contributed by atoms with E-state index < -0.39 is 10.0 Å². The Bertz CT molecular complexity index is 944. The molecule has 1 amide bonds. The van der Waals surface area contributed by atoms with E-state index in [1.54, 1.807) is 24.3 Å². The van der Waals surface area contributed by atoms with Crippen LogP contribution in [-0.4, -0.2) is 46.9 Å². The number of ether oxygens (including phenoxy) is 2. The van der Waals surface area contributed by atoms with Crippen LogP contribution in [0.15, 0.2) is 48.5 Å². The summed E-state index contributed by atoms with van der Waals surface area (Å²) in [5.74, 6) is 0.985. The number of sulfonamides is 1. The number of rotatable bonds is 11. The van der Waals surface area contributed by atoms with Crippen molar-refractivity contribution in [2.24, 2.45) is 0 Å². The molecule has 1 N–H and O–H groups in total. The molecule has 0 atom stereocenters. The number of carbonyl (C=O) groups excluding carboxylic acids is 1. The maximum atomic E-state index is 12.3. The van der Waals surface area contributed by atoms with Crippen molar-refractivity contribution in [2.75, 3.05) is 30.8 Å². The molecule has 0 saturated carbocycles. The third-order valence-electron chi connectivity index (χ3n) is 4.26. The second-order valence-corrected chi connectivity index (χ2v) is 9.15. The van der Waals surface area contributed by atoms with Crippen LogP contribution < -0.4 is 19.1 Å². The van der Waals surface area contributed by atoms with Gasteiger partial charge in [-0.15, -0.1) is 0 Å². The second-order valence-electron chi connectivity index (χ2n) is 7.24. The van der Waals surface area contributed by atoms with E-state index in [0.29, 0.717) is 18.0 Å². The number of hydrogen-bond donors (Lipinski definition) is 1. The molecule has 0 aliphatic carbocycles. The van der Waals surface area contributed by atoms with Gasteiger partial charge in [-0.05, 0) is 56.5 Å². The largest absolute Gasteiger partial charge is 0.497 e. The molecule has 0 heterocycles. The van der Waals surface area contributed by atoms with Gasteiger partial charge in [-0.2, -0.15) is 0 Å². The summed E-state index contributed by atoms with van der Waals surface area (Å²) >= 11 is 0. The van der Waals surface area contributed by atoms with E-state index in [9.17, 15) is 13.2 Å². The molecule has 2 aromatic carbocycles. The zero-order valence-electron chi connectivity index (χ0n) is 17.9. The van der Waals surface area contributed by atoms with Crippen LogP contribution in [0.5, 0.6) is 11.5 Å². The van der Waals surface area contributed by atoms with Gasteiger partial charge in [-0.3, -0.25) is 9.10 Å². The Labute approximate surface area is 179 Å². The van der Waals surface area contributed by atoms with Gasteiger partial charge >= 0.3 is 0 Å². The van der Waals surface area contributed by atoms with Crippen LogP contribution in [0.2, 0.25) is 0 Å². The Morgan fingerprint density at radius 2 is 1.80 bits per heavy atom. The summed E-state index contributed by atoms with van der Waals surface area (Å²) in [5, 5.41) is 2.79. The van der Waals surface area contributed by atoms with Crippen LogP contribution >= 0.6 is 0 Å². The first-order valence-corrected chi connectivity index (χ1v) is 11.7. The first-order valence-electron chi connectivity index (χ1n) is 9.83. The van der Waals surface area contributed by atoms with Gasteiger partial charge in [0.05, 0.1) is 25.2 Å². The Morgan fingerprint density at radius 1 is 1.10 bits per heavy atom. The van der Waals surface area contributed by atoms with Gasteiger partial charge in [-0.1, -0.05) is 18.2 Å². The van der Waals surface area contributed by atoms with Gasteiger partial charge in [0.1, 0.15) is 18.0 Å². The van der Waals surface area contributed by atoms with E-state index >= 15 is 0 Å². The molecule has 0 aromatic heterocycles. The quantitative estimate of drug-likeness (QED) is 0.550. The molecular formula is C22H30N2O5S. The number of aryl methyl sites for hydroxylation is 1. The van der Waals surface area contributed by atoms with Crippen LogP contribution in [0, 0.1) is 0 Å². The minimum absolute atomic E-state index is 0.113. The van der Waals surface area contributed by atoms with E-state index in [-0.39, 0.29) is 18.6 Å². The fraction of sp³-hybridized carbons (Fsp3) is 0.409. The molecule has 0 saturated heterocycles. The highest BCUT2D eigenvalue weighted by molar-refractivity contribution is 7.92. The van der Waals surface area contributed by atoms with Crippen molar-refractivity contribution in [3.8, 4) is 11.5 Å². The number of carbonyl (C=O) groups is 1. The third-order valence-corrected chi connectivity index (χ3v) is 5.40. The van der Waals surface area contributed by atoms with Gasteiger partial charge in [0, 0.05) is 12.6 Å². The van der Waals surface area contributed by atoms with Crippen molar-refractivity contribution < 1.29 is 22.7 Å². The highest BCUT2D eigenvalue weighted by atomic mass is 32.2. The molecule has 0 unspecified atom stereocenters. The number of hydrogen-bond acceptors (Lipinski definition) is 5. The SMILES string of the molecule is COc1cccc(N(CC(=O)NCCCc2cccc(OC(C)C)c2)S(C)(=O)=O)c1. The van der Waals surface area contributed by atoms with Crippen molar-refractivity contribution in [1.29, 1.82) is 0 Å². The van der Waals surface area contributed by atoms with Crippen LogP contribution in [0.1, 0.15) is 25.8 Å². The molecule has 8 heteroatoms. The Kier molecular flexibility index (Phi) is 8.53. The summed E-state index contributed by atoms with van der Waals surface area (Å²) in [6, 6.07) is 14.5. The van der Waals surface area contributed by atoms with Crippen LogP contribution in [0.3, 0.4) is 0 Å². The summed E-state index contributed by atoms with van der Waals surface area (Å²) in [7, 11) is -2.12. The van der Waals surface area contributed by atoms with Crippen LogP contribution in [0.4, 0.5) is 5.69 Å². The standard InChI is InChI=1S/C22H30N2O5S/c1-17(2)29-21-12-5-8-18(14-21)9-7-13-23-22(25)16-24(30(4,26)27)19-10-6-11-20(15-19)28-3/h5-6,8,10-12,14-15,17H,7,9,13,16H2,1-4H3,(H,23,25). The number of benzene rings is 2. The molecule has 0 fully saturated rings. The number of anilines is 1. The van der Waals surface area contributed by atoms with E-state index in [2.05, 4.69) is 5.32 Å². The lowest BCUT2D eigenvalue weighted by molar-refractivity contribution is -0.119. The molecule has 2 aromatic rings. The van der Waals surface area contributed by atoms with Gasteiger partial charge in [0.25, 0.3) is 0 Å². The van der Waals surface area contributed by atoms with Gasteiger partial charge < -0.3 is 14.8 Å². The fourth-order valence-electron chi connectivity index (χ4n) is 2.92. The average Bonchev–Trinajstić information content (AvgIpc) is 2.68. The Hall–Kier alpha value is -2.74. The number of amides is 1. The summed E-state index contributed by atoms with van der Waals surface area (Å²) < 4.78 is 36.3. The smallest absolute Gasteiger partial charge is 0.240 e. The molecule has 0 aliphatic heterocycles. The number of nitrogens with one attached hydrogen (secondary N) is 1. The van der Waals surface area contributed by atoms with Gasteiger partial charge in [0.2, 0.25) is 15.9 Å². The third kappa shape index (κ3) is 7.59. The van der Waals surface area contributed by atoms with Crippen LogP contribution in [0.25, 0.3) is 0 Å². The van der Waals surface area contributed by atoms with E-state index in [0.717, 1.165) is 34.7 Å². The minimum Gasteiger partial charge on any atom is -0.497 e. The lowest BCUT2D eigenvalue weighted by atomic mass is 10.1. The molecule has 164 valence electrons. The van der Waals surface area contributed by atoms with Crippen molar-refractivity contribution in [2.45, 2.75) is 32.8 Å². The normalized spacial score (nSPS) is 11.2. The fourth-order valence-corrected chi connectivity index (χ4v) is 3.77. The summed E-state index contributed by atoms with van der Waals surface area (Å²) in [4.78, 5) is 12.3. The lowest BCUT2D eigenvalue weighted by Gasteiger charge is -2.22. The van der Waals surface area contributed by atoms with E-state index in [4.69, 9.17) is 9.47 Å². The van der Waals surface area contributed by atoms with Gasteiger partial charge in [0.15, 0.2) is 0 Å². The lowest BCUT2D eigenvalue weighted by Crippen LogP contribution is -2.40. The minimum atomic E-state index is -3.62.